The van der Waals surface area contributed by atoms with E-state index in [1.54, 1.807) is 0 Å². The maximum absolute atomic E-state index is 12.7. The molecule has 7 heteroatoms. The fourth-order valence-electron chi connectivity index (χ4n) is 5.56. The largest absolute Gasteiger partial charge is 0.459 e. The molecular formula is C30H43O6P. The van der Waals surface area contributed by atoms with Crippen molar-refractivity contribution in [2.75, 3.05) is 6.61 Å². The molecule has 4 heterocycles. The van der Waals surface area contributed by atoms with E-state index >= 15 is 0 Å². The van der Waals surface area contributed by atoms with Crippen LogP contribution in [-0.2, 0) is 28.3 Å². The topological polar surface area (TPSA) is 66.5 Å². The first-order valence-corrected chi connectivity index (χ1v) is 14.2. The summed E-state index contributed by atoms with van der Waals surface area (Å²) in [4.78, 5) is 12.7. The highest BCUT2D eigenvalue weighted by molar-refractivity contribution is 7.09. The van der Waals surface area contributed by atoms with Crippen molar-refractivity contribution in [2.45, 2.75) is 108 Å². The SMILES string of the molecule is C=C1C[C@H](C)C[C@@H]2CC=C[C@@H](C/C=C\C(=O)O[C@H](C/C=C/[C@@H]3CC(C)=CCO3)C[C@@H]3O[C@H]3[C@@H](OP)C1)O2. The van der Waals surface area contributed by atoms with Gasteiger partial charge in [0.1, 0.15) is 12.2 Å². The molecule has 0 aromatic carbocycles. The third-order valence-corrected chi connectivity index (χ3v) is 7.84. The number of cyclic esters (lactones) is 1. The molecule has 1 fully saturated rings. The van der Waals surface area contributed by atoms with Gasteiger partial charge in [0.15, 0.2) is 0 Å². The van der Waals surface area contributed by atoms with E-state index in [1.165, 1.54) is 17.2 Å². The molecule has 1 saturated heterocycles. The summed E-state index contributed by atoms with van der Waals surface area (Å²) in [7, 11) is 2.39. The molecule has 4 aliphatic rings. The number of fused-ring (bicyclic) bond motifs is 3. The number of hydrogen-bond donors (Lipinski definition) is 0. The first-order chi connectivity index (χ1) is 17.9. The Morgan fingerprint density at radius 3 is 2.84 bits per heavy atom. The molecule has 4 rings (SSSR count). The Bertz CT molecular complexity index is 908. The lowest BCUT2D eigenvalue weighted by Gasteiger charge is -2.28. The molecule has 0 amide bonds. The van der Waals surface area contributed by atoms with E-state index < -0.39 is 0 Å². The highest BCUT2D eigenvalue weighted by Gasteiger charge is 2.46. The van der Waals surface area contributed by atoms with Crippen LogP contribution in [0.4, 0.5) is 0 Å². The van der Waals surface area contributed by atoms with Crippen LogP contribution in [0.5, 0.6) is 0 Å². The molecule has 6 nitrogen and oxygen atoms in total. The lowest BCUT2D eigenvalue weighted by molar-refractivity contribution is -0.143. The number of carbonyl (C=O) groups excluding carboxylic acids is 1. The van der Waals surface area contributed by atoms with Gasteiger partial charge >= 0.3 is 5.97 Å². The summed E-state index contributed by atoms with van der Waals surface area (Å²) in [6, 6.07) is 0. The Morgan fingerprint density at radius 1 is 1.16 bits per heavy atom. The van der Waals surface area contributed by atoms with Gasteiger partial charge in [-0.2, -0.15) is 0 Å². The van der Waals surface area contributed by atoms with Crippen molar-refractivity contribution in [1.29, 1.82) is 0 Å². The van der Waals surface area contributed by atoms with Crippen LogP contribution in [0.3, 0.4) is 0 Å². The number of hydrogen-bond acceptors (Lipinski definition) is 6. The Balaban J connectivity index is 1.42. The molecule has 0 saturated carbocycles. The molecule has 1 unspecified atom stereocenters. The van der Waals surface area contributed by atoms with Crippen LogP contribution < -0.4 is 0 Å². The molecule has 9 atom stereocenters. The molecule has 0 aliphatic carbocycles. The van der Waals surface area contributed by atoms with Gasteiger partial charge in [0, 0.05) is 28.4 Å². The van der Waals surface area contributed by atoms with E-state index in [2.05, 4.69) is 60.3 Å². The molecule has 0 radical (unpaired) electrons. The zero-order valence-corrected chi connectivity index (χ0v) is 23.4. The van der Waals surface area contributed by atoms with Crippen molar-refractivity contribution in [3.8, 4) is 0 Å². The molecule has 37 heavy (non-hydrogen) atoms. The number of ether oxygens (including phenoxy) is 4. The second-order valence-corrected chi connectivity index (χ2v) is 11.3. The Hall–Kier alpha value is -1.56. The smallest absolute Gasteiger partial charge is 0.330 e. The highest BCUT2D eigenvalue weighted by Crippen LogP contribution is 2.37. The molecule has 0 aromatic rings. The first kappa shape index (κ1) is 28.4. The van der Waals surface area contributed by atoms with Gasteiger partial charge in [-0.3, -0.25) is 0 Å². The zero-order chi connectivity index (χ0) is 26.2. The highest BCUT2D eigenvalue weighted by atomic mass is 31.0. The summed E-state index contributed by atoms with van der Waals surface area (Å²) < 4.78 is 29.7. The number of carbonyl (C=O) groups is 1. The molecular weight excluding hydrogens is 487 g/mol. The van der Waals surface area contributed by atoms with Gasteiger partial charge in [0.25, 0.3) is 0 Å². The standard InChI is InChI=1S/C30H43O6P/c1-20-13-14-32-24(16-20)9-5-11-26-19-27-30(35-27)28(36-37)18-22(3)15-21(2)17-25-10-4-7-23(33-25)8-6-12-29(31)34-26/h4-7,9,12-13,21,23-28,30H,3,8,10-11,14-19,37H2,1-2H3/b9-5+,12-6-/t21-,23-,24+,25-,26+,27-,28-,30+/m0/s1. The summed E-state index contributed by atoms with van der Waals surface area (Å²) in [5.74, 6) is 0.139. The molecule has 0 N–H and O–H groups in total. The van der Waals surface area contributed by atoms with E-state index in [4.69, 9.17) is 23.5 Å². The summed E-state index contributed by atoms with van der Waals surface area (Å²) in [6.07, 6.45) is 20.2. The third-order valence-electron chi connectivity index (χ3n) is 7.49. The van der Waals surface area contributed by atoms with Crippen molar-refractivity contribution < 1.29 is 28.3 Å². The van der Waals surface area contributed by atoms with Crippen LogP contribution in [-0.4, -0.2) is 55.3 Å². The summed E-state index contributed by atoms with van der Waals surface area (Å²) in [5, 5.41) is 0. The lowest BCUT2D eigenvalue weighted by Crippen LogP contribution is -2.26. The molecule has 0 aromatic heterocycles. The second kappa shape index (κ2) is 14.0. The van der Waals surface area contributed by atoms with Gasteiger partial charge in [-0.1, -0.05) is 61.1 Å². The zero-order valence-electron chi connectivity index (χ0n) is 22.3. The summed E-state index contributed by atoms with van der Waals surface area (Å²) in [6.45, 7) is 9.37. The summed E-state index contributed by atoms with van der Waals surface area (Å²) in [5.41, 5.74) is 2.51. The molecule has 0 spiro atoms. The van der Waals surface area contributed by atoms with Gasteiger partial charge < -0.3 is 23.5 Å². The third kappa shape index (κ3) is 9.30. The predicted octanol–water partition coefficient (Wildman–Crippen LogP) is 5.95. The van der Waals surface area contributed by atoms with Crippen LogP contribution >= 0.6 is 9.47 Å². The fourth-order valence-corrected chi connectivity index (χ4v) is 5.81. The maximum atomic E-state index is 12.7. The van der Waals surface area contributed by atoms with E-state index in [1.807, 2.05) is 6.08 Å². The quantitative estimate of drug-likeness (QED) is 0.194. The van der Waals surface area contributed by atoms with Crippen LogP contribution in [0.1, 0.15) is 65.2 Å². The van der Waals surface area contributed by atoms with Gasteiger partial charge in [-0.25, -0.2) is 4.79 Å². The second-order valence-electron chi connectivity index (χ2n) is 11.0. The summed E-state index contributed by atoms with van der Waals surface area (Å²) >= 11 is 0. The van der Waals surface area contributed by atoms with Gasteiger partial charge in [0.05, 0.1) is 37.1 Å². The van der Waals surface area contributed by atoms with Crippen molar-refractivity contribution in [3.63, 3.8) is 0 Å². The fraction of sp³-hybridized carbons (Fsp3) is 0.633. The number of rotatable bonds is 4. The van der Waals surface area contributed by atoms with E-state index in [-0.39, 0.29) is 48.7 Å². The Kier molecular flexibility index (Phi) is 10.8. The van der Waals surface area contributed by atoms with Crippen molar-refractivity contribution in [2.24, 2.45) is 5.92 Å². The number of esters is 1. The van der Waals surface area contributed by atoms with Crippen LogP contribution in [0.15, 0.2) is 60.3 Å². The Morgan fingerprint density at radius 2 is 2.03 bits per heavy atom. The van der Waals surface area contributed by atoms with Gasteiger partial charge in [-0.05, 0) is 51.4 Å². The van der Waals surface area contributed by atoms with Crippen LogP contribution in [0, 0.1) is 5.92 Å². The van der Waals surface area contributed by atoms with Crippen molar-refractivity contribution >= 4 is 15.4 Å². The van der Waals surface area contributed by atoms with Crippen LogP contribution in [0.2, 0.25) is 0 Å². The molecule has 2 bridgehead atoms. The molecule has 4 aliphatic heterocycles. The predicted molar refractivity (Wildman–Crippen MR) is 148 cm³/mol. The van der Waals surface area contributed by atoms with Crippen molar-refractivity contribution in [3.05, 3.63) is 60.3 Å². The Labute approximate surface area is 224 Å². The lowest BCUT2D eigenvalue weighted by atomic mass is 9.91. The first-order valence-electron chi connectivity index (χ1n) is 13.7. The number of epoxide rings is 1. The van der Waals surface area contributed by atoms with E-state index in [0.717, 1.165) is 32.1 Å². The van der Waals surface area contributed by atoms with E-state index in [0.29, 0.717) is 31.8 Å². The van der Waals surface area contributed by atoms with E-state index in [9.17, 15) is 4.79 Å². The average molecular weight is 531 g/mol. The monoisotopic (exact) mass is 530 g/mol. The maximum Gasteiger partial charge on any atom is 0.330 e. The van der Waals surface area contributed by atoms with Crippen LogP contribution in [0.25, 0.3) is 0 Å². The minimum Gasteiger partial charge on any atom is -0.459 e. The van der Waals surface area contributed by atoms with Gasteiger partial charge in [-0.15, -0.1) is 0 Å². The minimum absolute atomic E-state index is 0.00107. The average Bonchev–Trinajstić information content (AvgIpc) is 3.61. The van der Waals surface area contributed by atoms with Crippen molar-refractivity contribution in [1.82, 2.24) is 0 Å². The minimum atomic E-state index is -0.332. The molecule has 204 valence electrons. The van der Waals surface area contributed by atoms with Gasteiger partial charge in [0.2, 0.25) is 0 Å². The normalized spacial score (nSPS) is 38.7.